The molecule has 13 heteroatoms. The molecule has 3 aliphatic carbocycles. The molecule has 3 aliphatic rings. The minimum Gasteiger partial charge on any atom is -0.357 e. The highest BCUT2D eigenvalue weighted by Gasteiger charge is 2.84. The molecule has 0 amide bonds. The minimum absolute atomic E-state index is 0.309. The van der Waals surface area contributed by atoms with E-state index >= 15 is 0 Å². The fraction of sp³-hybridized carbons (Fsp3) is 1.00. The molecule has 5 atom stereocenters. The summed E-state index contributed by atoms with van der Waals surface area (Å²) in [5, 5.41) is 0. The van der Waals surface area contributed by atoms with Crippen LogP contribution in [0.1, 0.15) is 19.3 Å². The van der Waals surface area contributed by atoms with Gasteiger partial charge in [-0.3, -0.25) is 0 Å². The van der Waals surface area contributed by atoms with Gasteiger partial charge in [-0.1, -0.05) is 0 Å². The Morgan fingerprint density at radius 3 is 1.56 bits per heavy atom. The lowest BCUT2D eigenvalue weighted by atomic mass is 9.48. The van der Waals surface area contributed by atoms with Crippen LogP contribution >= 0.6 is 0 Å². The van der Waals surface area contributed by atoms with Gasteiger partial charge in [-0.15, -0.1) is 0 Å². The molecule has 0 heterocycles. The quantitative estimate of drug-likeness (QED) is 0.521. The van der Waals surface area contributed by atoms with Gasteiger partial charge in [-0.05, 0) is 42.9 Å². The van der Waals surface area contributed by atoms with Gasteiger partial charge in [0.05, 0.1) is 6.10 Å². The highest BCUT2D eigenvalue weighted by atomic mass is 19.4. The molecule has 0 N–H and O–H groups in total. The summed E-state index contributed by atoms with van der Waals surface area (Å²) >= 11 is 0. The normalized spacial score (nSPS) is 36.1. The van der Waals surface area contributed by atoms with Crippen LogP contribution in [0.3, 0.4) is 0 Å². The average molecular weight is 424 g/mol. The van der Waals surface area contributed by atoms with Crippen LogP contribution in [0, 0.1) is 29.1 Å². The van der Waals surface area contributed by atoms with Crippen LogP contribution in [0.4, 0.5) is 52.7 Å². The Hall–Kier alpha value is -0.880. The molecule has 3 saturated carbocycles. The van der Waals surface area contributed by atoms with E-state index in [9.17, 15) is 52.7 Å². The number of halogens is 12. The van der Waals surface area contributed by atoms with Gasteiger partial charge in [0.2, 0.25) is 6.10 Å². The monoisotopic (exact) mass is 424 g/mol. The van der Waals surface area contributed by atoms with Gasteiger partial charge in [0, 0.05) is 0 Å². The Bertz CT molecular complexity index is 551. The maximum Gasteiger partial charge on any atom is 0.423 e. The molecule has 2 bridgehead atoms. The summed E-state index contributed by atoms with van der Waals surface area (Å²) in [6, 6.07) is 0. The highest BCUT2D eigenvalue weighted by molar-refractivity contribution is 5.19. The first-order valence-corrected chi connectivity index (χ1v) is 7.83. The molecular formula is C14H12F12O. The highest BCUT2D eigenvalue weighted by Crippen LogP contribution is 2.77. The van der Waals surface area contributed by atoms with Gasteiger partial charge < -0.3 is 4.74 Å². The lowest BCUT2D eigenvalue weighted by molar-refractivity contribution is -0.409. The lowest BCUT2D eigenvalue weighted by Gasteiger charge is -2.58. The predicted molar refractivity (Wildman–Crippen MR) is 63.1 cm³/mol. The van der Waals surface area contributed by atoms with E-state index in [1.807, 2.05) is 0 Å². The zero-order valence-corrected chi connectivity index (χ0v) is 13.0. The van der Waals surface area contributed by atoms with Gasteiger partial charge in [0.15, 0.2) is 5.41 Å². The van der Waals surface area contributed by atoms with Crippen LogP contribution in [-0.4, -0.2) is 36.9 Å². The van der Waals surface area contributed by atoms with Gasteiger partial charge >= 0.3 is 24.7 Å². The molecule has 3 rings (SSSR count). The van der Waals surface area contributed by atoms with Crippen LogP contribution in [-0.2, 0) is 4.74 Å². The fourth-order valence-electron chi connectivity index (χ4n) is 5.27. The number of rotatable bonds is 2. The smallest absolute Gasteiger partial charge is 0.357 e. The molecule has 4 unspecified atom stereocenters. The van der Waals surface area contributed by atoms with Crippen LogP contribution in [0.25, 0.3) is 0 Å². The first-order chi connectivity index (χ1) is 11.9. The first-order valence-electron chi connectivity index (χ1n) is 7.83. The van der Waals surface area contributed by atoms with Crippen molar-refractivity contribution in [2.45, 2.75) is 56.2 Å². The van der Waals surface area contributed by atoms with Crippen LogP contribution < -0.4 is 0 Å². The Kier molecular flexibility index (Phi) is 4.32. The molecule has 0 aromatic carbocycles. The van der Waals surface area contributed by atoms with Crippen molar-refractivity contribution in [3.8, 4) is 0 Å². The number of hydrogen-bond donors (Lipinski definition) is 0. The molecule has 1 nitrogen and oxygen atoms in total. The average Bonchev–Trinajstić information content (AvgIpc) is 2.82. The summed E-state index contributed by atoms with van der Waals surface area (Å²) < 4.78 is 159. The summed E-state index contributed by atoms with van der Waals surface area (Å²) in [6.07, 6.45) is -31.0. The van der Waals surface area contributed by atoms with Crippen LogP contribution in [0.2, 0.25) is 0 Å². The summed E-state index contributed by atoms with van der Waals surface area (Å²) in [4.78, 5) is 0. The number of ether oxygens (including phenoxy) is 1. The standard InChI is InChI=1S/C14H12F12O/c15-11(16,17)9(12(18,19)20)27-7-2-4-1-5(7)6-3-10(8(4)6,13(21,22)23)14(24,25)26/h4-9H,1-3H2/t4?,5-,6?,7?,8?/m0/s1. The predicted octanol–water partition coefficient (Wildman–Crippen LogP) is 5.65. The van der Waals surface area contributed by atoms with Crippen molar-refractivity contribution in [1.29, 1.82) is 0 Å². The molecule has 0 spiro atoms. The molecule has 0 aliphatic heterocycles. The van der Waals surface area contributed by atoms with Gasteiger partial charge in [-0.25, -0.2) is 0 Å². The molecule has 0 aromatic heterocycles. The maximum absolute atomic E-state index is 13.2. The third-order valence-electron chi connectivity index (χ3n) is 6.15. The van der Waals surface area contributed by atoms with Crippen LogP contribution in [0.15, 0.2) is 0 Å². The van der Waals surface area contributed by atoms with E-state index in [1.165, 1.54) is 0 Å². The second kappa shape index (κ2) is 5.59. The van der Waals surface area contributed by atoms with E-state index in [1.54, 1.807) is 0 Å². The molecule has 0 radical (unpaired) electrons. The summed E-state index contributed by atoms with van der Waals surface area (Å²) in [5.41, 5.74) is -3.96. The molecule has 0 aromatic rings. The fourth-order valence-corrected chi connectivity index (χ4v) is 5.27. The molecule has 158 valence electrons. The van der Waals surface area contributed by atoms with Crippen molar-refractivity contribution in [3.05, 3.63) is 0 Å². The summed E-state index contributed by atoms with van der Waals surface area (Å²) in [7, 11) is 0. The number of hydrogen-bond acceptors (Lipinski definition) is 1. The SMILES string of the molecule is FC(F)(F)C(OC1CC2C[C@H]1C1CC(C(F)(F)F)(C(F)(F)F)C21)C(F)(F)F. The van der Waals surface area contributed by atoms with Crippen molar-refractivity contribution >= 4 is 0 Å². The number of fused-ring (bicyclic) bond motifs is 5. The van der Waals surface area contributed by atoms with Crippen molar-refractivity contribution in [3.63, 3.8) is 0 Å². The van der Waals surface area contributed by atoms with E-state index in [0.717, 1.165) is 0 Å². The van der Waals surface area contributed by atoms with Gasteiger partial charge in [0.25, 0.3) is 0 Å². The third kappa shape index (κ3) is 2.89. The zero-order chi connectivity index (χ0) is 20.8. The second-order valence-electron chi connectivity index (χ2n) is 7.39. The second-order valence-corrected chi connectivity index (χ2v) is 7.39. The van der Waals surface area contributed by atoms with E-state index < -0.39 is 78.8 Å². The van der Waals surface area contributed by atoms with E-state index in [-0.39, 0.29) is 6.42 Å². The Labute approximate surface area is 144 Å². The summed E-state index contributed by atoms with van der Waals surface area (Å²) in [5.74, 6) is -5.63. The maximum atomic E-state index is 13.2. The van der Waals surface area contributed by atoms with Gasteiger partial charge in [0.1, 0.15) is 0 Å². The van der Waals surface area contributed by atoms with E-state index in [0.29, 0.717) is 0 Å². The van der Waals surface area contributed by atoms with Crippen molar-refractivity contribution < 1.29 is 57.4 Å². The molecule has 27 heavy (non-hydrogen) atoms. The van der Waals surface area contributed by atoms with E-state index in [4.69, 9.17) is 0 Å². The topological polar surface area (TPSA) is 9.23 Å². The van der Waals surface area contributed by atoms with E-state index in [2.05, 4.69) is 4.74 Å². The van der Waals surface area contributed by atoms with Crippen LogP contribution in [0.5, 0.6) is 0 Å². The molecular weight excluding hydrogens is 412 g/mol. The minimum atomic E-state index is -5.79. The largest absolute Gasteiger partial charge is 0.423 e. The van der Waals surface area contributed by atoms with Crippen molar-refractivity contribution in [1.82, 2.24) is 0 Å². The Balaban J connectivity index is 1.81. The summed E-state index contributed by atoms with van der Waals surface area (Å²) in [6.45, 7) is 0. The first kappa shape index (κ1) is 20.8. The third-order valence-corrected chi connectivity index (χ3v) is 6.15. The number of alkyl halides is 12. The zero-order valence-electron chi connectivity index (χ0n) is 13.0. The van der Waals surface area contributed by atoms with Crippen molar-refractivity contribution in [2.24, 2.45) is 29.1 Å². The van der Waals surface area contributed by atoms with Gasteiger partial charge in [-0.2, -0.15) is 52.7 Å². The molecule has 3 fully saturated rings. The Morgan fingerprint density at radius 2 is 1.19 bits per heavy atom. The Morgan fingerprint density at radius 1 is 0.704 bits per heavy atom. The lowest BCUT2D eigenvalue weighted by Crippen LogP contribution is -2.67. The van der Waals surface area contributed by atoms with Crippen molar-refractivity contribution in [2.75, 3.05) is 0 Å². The molecule has 0 saturated heterocycles.